The smallest absolute Gasteiger partial charge is 0.0220 e. The molecule has 1 fully saturated rings. The van der Waals surface area contributed by atoms with E-state index in [1.165, 1.54) is 12.8 Å². The fourth-order valence-electron chi connectivity index (χ4n) is 2.20. The molecule has 2 heteroatoms. The Balaban J connectivity index is 2.35. The minimum absolute atomic E-state index is 0.664. The largest absolute Gasteiger partial charge is 0.312 e. The number of likely N-dealkylation sites (N-methyl/N-ethyl adjacent to an activating group) is 1. The molecule has 2 atom stereocenters. The van der Waals surface area contributed by atoms with Crippen LogP contribution in [0, 0.1) is 5.92 Å². The molecule has 0 saturated carbocycles. The fraction of sp³-hybridized carbons (Fsp3) is 1.00. The number of hydrogen-bond donors (Lipinski definition) is 1. The first-order valence-electron chi connectivity index (χ1n) is 5.97. The summed E-state index contributed by atoms with van der Waals surface area (Å²) in [5.74, 6) is 0.778. The number of nitrogens with zero attached hydrogens (tertiary/aromatic N) is 1. The number of hydrogen-bond acceptors (Lipinski definition) is 2. The van der Waals surface area contributed by atoms with Gasteiger partial charge in [0.05, 0.1) is 0 Å². The second-order valence-corrected chi connectivity index (χ2v) is 5.25. The van der Waals surface area contributed by atoms with Crippen molar-refractivity contribution in [1.82, 2.24) is 10.2 Å². The Morgan fingerprint density at radius 2 is 1.79 bits per heavy atom. The highest BCUT2D eigenvalue weighted by atomic mass is 15.2. The molecule has 1 saturated heterocycles. The van der Waals surface area contributed by atoms with Crippen LogP contribution in [-0.2, 0) is 0 Å². The maximum atomic E-state index is 3.66. The summed E-state index contributed by atoms with van der Waals surface area (Å²) in [7, 11) is 2.24. The molecular weight excluding hydrogens is 172 g/mol. The van der Waals surface area contributed by atoms with Crippen LogP contribution in [0.2, 0.25) is 0 Å². The average molecular weight is 198 g/mol. The third-order valence-corrected chi connectivity index (χ3v) is 3.62. The van der Waals surface area contributed by atoms with Crippen molar-refractivity contribution in [3.8, 4) is 0 Å². The number of rotatable bonds is 3. The molecule has 2 nitrogen and oxygen atoms in total. The van der Waals surface area contributed by atoms with Gasteiger partial charge in [0.15, 0.2) is 0 Å². The molecule has 1 aliphatic heterocycles. The van der Waals surface area contributed by atoms with E-state index in [4.69, 9.17) is 0 Å². The zero-order chi connectivity index (χ0) is 10.7. The maximum Gasteiger partial charge on any atom is 0.0220 e. The Kier molecular flexibility index (Phi) is 4.39. The minimum atomic E-state index is 0.664. The molecule has 1 N–H and O–H groups in total. The Labute approximate surface area is 89.1 Å². The highest BCUT2D eigenvalue weighted by Crippen LogP contribution is 2.18. The van der Waals surface area contributed by atoms with Gasteiger partial charge in [-0.15, -0.1) is 0 Å². The van der Waals surface area contributed by atoms with Crippen LogP contribution in [0.4, 0.5) is 0 Å². The van der Waals surface area contributed by atoms with Gasteiger partial charge < -0.3 is 5.32 Å². The zero-order valence-electron chi connectivity index (χ0n) is 10.4. The van der Waals surface area contributed by atoms with Crippen LogP contribution in [-0.4, -0.2) is 36.6 Å². The van der Waals surface area contributed by atoms with E-state index in [-0.39, 0.29) is 0 Å². The van der Waals surface area contributed by atoms with Crippen molar-refractivity contribution in [2.75, 3.05) is 13.6 Å². The second-order valence-electron chi connectivity index (χ2n) is 5.25. The van der Waals surface area contributed by atoms with E-state index in [2.05, 4.69) is 45.0 Å². The van der Waals surface area contributed by atoms with E-state index in [1.54, 1.807) is 0 Å². The van der Waals surface area contributed by atoms with Gasteiger partial charge in [-0.1, -0.05) is 13.8 Å². The van der Waals surface area contributed by atoms with Gasteiger partial charge in [-0.05, 0) is 39.7 Å². The average Bonchev–Trinajstić information content (AvgIpc) is 2.16. The number of nitrogens with one attached hydrogen (secondary N) is 1. The first-order chi connectivity index (χ1) is 6.52. The van der Waals surface area contributed by atoms with Crippen molar-refractivity contribution >= 4 is 0 Å². The van der Waals surface area contributed by atoms with Crippen molar-refractivity contribution in [2.24, 2.45) is 5.92 Å². The summed E-state index contributed by atoms with van der Waals surface area (Å²) in [5.41, 5.74) is 0. The van der Waals surface area contributed by atoms with Crippen molar-refractivity contribution in [2.45, 2.75) is 58.7 Å². The molecule has 0 amide bonds. The van der Waals surface area contributed by atoms with E-state index >= 15 is 0 Å². The predicted molar refractivity (Wildman–Crippen MR) is 62.5 cm³/mol. The van der Waals surface area contributed by atoms with Gasteiger partial charge in [0.25, 0.3) is 0 Å². The predicted octanol–water partition coefficient (Wildman–Crippen LogP) is 2.10. The van der Waals surface area contributed by atoms with Crippen LogP contribution in [0.5, 0.6) is 0 Å². The third-order valence-electron chi connectivity index (χ3n) is 3.62. The standard InChI is InChI=1S/C12H26N2/c1-9(2)12-7-6-11(8-13-12)14(5)10(3)4/h9-13H,6-8H2,1-5H3. The molecule has 1 heterocycles. The van der Waals surface area contributed by atoms with Crippen LogP contribution >= 0.6 is 0 Å². The molecule has 0 bridgehead atoms. The van der Waals surface area contributed by atoms with Gasteiger partial charge in [-0.3, -0.25) is 4.90 Å². The Bertz CT molecular complexity index is 158. The summed E-state index contributed by atoms with van der Waals surface area (Å²) in [6.45, 7) is 10.3. The van der Waals surface area contributed by atoms with Crippen molar-refractivity contribution in [1.29, 1.82) is 0 Å². The highest BCUT2D eigenvalue weighted by Gasteiger charge is 2.25. The summed E-state index contributed by atoms with van der Waals surface area (Å²) < 4.78 is 0. The number of piperidine rings is 1. The van der Waals surface area contributed by atoms with Crippen molar-refractivity contribution in [3.05, 3.63) is 0 Å². The normalized spacial score (nSPS) is 29.1. The Morgan fingerprint density at radius 1 is 1.14 bits per heavy atom. The van der Waals surface area contributed by atoms with Crippen molar-refractivity contribution in [3.63, 3.8) is 0 Å². The molecule has 0 aromatic heterocycles. The molecule has 2 unspecified atom stereocenters. The molecule has 0 aromatic rings. The van der Waals surface area contributed by atoms with Crippen LogP contribution < -0.4 is 5.32 Å². The quantitative estimate of drug-likeness (QED) is 0.747. The lowest BCUT2D eigenvalue weighted by atomic mass is 9.92. The minimum Gasteiger partial charge on any atom is -0.312 e. The summed E-state index contributed by atoms with van der Waals surface area (Å²) in [4.78, 5) is 2.49. The first kappa shape index (κ1) is 12.0. The van der Waals surface area contributed by atoms with E-state index in [9.17, 15) is 0 Å². The van der Waals surface area contributed by atoms with E-state index < -0.39 is 0 Å². The first-order valence-corrected chi connectivity index (χ1v) is 5.97. The fourth-order valence-corrected chi connectivity index (χ4v) is 2.20. The van der Waals surface area contributed by atoms with Crippen LogP contribution in [0.1, 0.15) is 40.5 Å². The van der Waals surface area contributed by atoms with Gasteiger partial charge in [-0.25, -0.2) is 0 Å². The summed E-state index contributed by atoms with van der Waals surface area (Å²) in [6, 6.07) is 2.15. The molecule has 84 valence electrons. The van der Waals surface area contributed by atoms with Gasteiger partial charge in [0.1, 0.15) is 0 Å². The zero-order valence-corrected chi connectivity index (χ0v) is 10.4. The van der Waals surface area contributed by atoms with Crippen LogP contribution in [0.3, 0.4) is 0 Å². The third kappa shape index (κ3) is 2.96. The molecular formula is C12H26N2. The van der Waals surface area contributed by atoms with E-state index in [1.807, 2.05) is 0 Å². The lowest BCUT2D eigenvalue weighted by Crippen LogP contribution is -2.51. The topological polar surface area (TPSA) is 15.3 Å². The van der Waals surface area contributed by atoms with Crippen molar-refractivity contribution < 1.29 is 0 Å². The summed E-state index contributed by atoms with van der Waals surface area (Å²) in [5, 5.41) is 3.66. The van der Waals surface area contributed by atoms with Gasteiger partial charge >= 0.3 is 0 Å². The maximum absolute atomic E-state index is 3.66. The molecule has 0 aromatic carbocycles. The van der Waals surface area contributed by atoms with E-state index in [0.29, 0.717) is 6.04 Å². The summed E-state index contributed by atoms with van der Waals surface area (Å²) in [6.07, 6.45) is 2.68. The molecule has 14 heavy (non-hydrogen) atoms. The molecule has 0 radical (unpaired) electrons. The van der Waals surface area contributed by atoms with Gasteiger partial charge in [0, 0.05) is 24.7 Å². The van der Waals surface area contributed by atoms with Gasteiger partial charge in [0.2, 0.25) is 0 Å². The van der Waals surface area contributed by atoms with Gasteiger partial charge in [-0.2, -0.15) is 0 Å². The summed E-state index contributed by atoms with van der Waals surface area (Å²) >= 11 is 0. The molecule has 1 aliphatic rings. The monoisotopic (exact) mass is 198 g/mol. The highest BCUT2D eigenvalue weighted by molar-refractivity contribution is 4.85. The second kappa shape index (κ2) is 5.13. The Morgan fingerprint density at radius 3 is 2.14 bits per heavy atom. The van der Waals surface area contributed by atoms with E-state index in [0.717, 1.165) is 24.5 Å². The van der Waals surface area contributed by atoms with Crippen LogP contribution in [0.25, 0.3) is 0 Å². The lowest BCUT2D eigenvalue weighted by Gasteiger charge is -2.38. The van der Waals surface area contributed by atoms with Crippen LogP contribution in [0.15, 0.2) is 0 Å². The Hall–Kier alpha value is -0.0800. The molecule has 0 aliphatic carbocycles. The lowest BCUT2D eigenvalue weighted by molar-refractivity contribution is 0.141. The SMILES string of the molecule is CC(C)C1CCC(N(C)C(C)C)CN1. The molecule has 1 rings (SSSR count). The molecule has 0 spiro atoms.